The Morgan fingerprint density at radius 2 is 2.24 bits per heavy atom. The number of aromatic nitrogens is 2. The van der Waals surface area contributed by atoms with Crippen molar-refractivity contribution in [3.8, 4) is 5.69 Å². The molecule has 17 heavy (non-hydrogen) atoms. The SMILES string of the molecule is CN=C(N)NCc1ccccc1-n1cccn1. The minimum absolute atomic E-state index is 0.431. The molecule has 0 spiro atoms. The van der Waals surface area contributed by atoms with Crippen molar-refractivity contribution in [3.05, 3.63) is 48.3 Å². The van der Waals surface area contributed by atoms with Gasteiger partial charge in [-0.15, -0.1) is 0 Å². The highest BCUT2D eigenvalue weighted by Crippen LogP contribution is 2.12. The maximum atomic E-state index is 5.61. The van der Waals surface area contributed by atoms with Crippen molar-refractivity contribution in [1.29, 1.82) is 0 Å². The Labute approximate surface area is 100.0 Å². The third kappa shape index (κ3) is 2.63. The zero-order valence-corrected chi connectivity index (χ0v) is 9.67. The average molecular weight is 229 g/mol. The molecular weight excluding hydrogens is 214 g/mol. The third-order valence-electron chi connectivity index (χ3n) is 2.44. The molecule has 3 N–H and O–H groups in total. The summed E-state index contributed by atoms with van der Waals surface area (Å²) < 4.78 is 1.83. The lowest BCUT2D eigenvalue weighted by atomic mass is 10.2. The first-order chi connectivity index (χ1) is 8.31. The quantitative estimate of drug-likeness (QED) is 0.607. The van der Waals surface area contributed by atoms with Crippen LogP contribution in [0.25, 0.3) is 5.69 Å². The van der Waals surface area contributed by atoms with E-state index in [4.69, 9.17) is 5.73 Å². The van der Waals surface area contributed by atoms with Gasteiger partial charge in [0.25, 0.3) is 0 Å². The summed E-state index contributed by atoms with van der Waals surface area (Å²) in [6.07, 6.45) is 3.67. The summed E-state index contributed by atoms with van der Waals surface area (Å²) in [7, 11) is 1.65. The predicted molar refractivity (Wildman–Crippen MR) is 68.0 cm³/mol. The van der Waals surface area contributed by atoms with Crippen molar-refractivity contribution in [1.82, 2.24) is 15.1 Å². The van der Waals surface area contributed by atoms with Crippen molar-refractivity contribution in [2.24, 2.45) is 10.7 Å². The molecule has 0 fully saturated rings. The van der Waals surface area contributed by atoms with E-state index in [9.17, 15) is 0 Å². The zero-order chi connectivity index (χ0) is 12.1. The summed E-state index contributed by atoms with van der Waals surface area (Å²) >= 11 is 0. The molecule has 0 aliphatic rings. The van der Waals surface area contributed by atoms with E-state index in [2.05, 4.69) is 15.4 Å². The first kappa shape index (κ1) is 11.2. The lowest BCUT2D eigenvalue weighted by Gasteiger charge is -2.10. The van der Waals surface area contributed by atoms with Gasteiger partial charge >= 0.3 is 0 Å². The second kappa shape index (κ2) is 5.16. The molecular formula is C12H15N5. The number of hydrogen-bond acceptors (Lipinski definition) is 2. The van der Waals surface area contributed by atoms with Gasteiger partial charge in [-0.2, -0.15) is 5.10 Å². The molecule has 5 heteroatoms. The molecule has 0 amide bonds. The van der Waals surface area contributed by atoms with Crippen LogP contribution in [0.3, 0.4) is 0 Å². The van der Waals surface area contributed by atoms with Gasteiger partial charge in [0.05, 0.1) is 5.69 Å². The van der Waals surface area contributed by atoms with Gasteiger partial charge in [0.15, 0.2) is 5.96 Å². The van der Waals surface area contributed by atoms with Crippen LogP contribution in [0.15, 0.2) is 47.7 Å². The fraction of sp³-hybridized carbons (Fsp3) is 0.167. The van der Waals surface area contributed by atoms with E-state index in [1.807, 2.05) is 41.2 Å². The number of nitrogens with one attached hydrogen (secondary N) is 1. The van der Waals surface area contributed by atoms with E-state index < -0.39 is 0 Å². The minimum Gasteiger partial charge on any atom is -0.370 e. The molecule has 0 saturated heterocycles. The number of guanidine groups is 1. The third-order valence-corrected chi connectivity index (χ3v) is 2.44. The maximum absolute atomic E-state index is 5.61. The van der Waals surface area contributed by atoms with Gasteiger partial charge < -0.3 is 11.1 Å². The molecule has 1 heterocycles. The number of para-hydroxylation sites is 1. The predicted octanol–water partition coefficient (Wildman–Crippen LogP) is 0.906. The second-order valence-corrected chi connectivity index (χ2v) is 3.54. The normalized spacial score (nSPS) is 11.5. The van der Waals surface area contributed by atoms with E-state index in [1.165, 1.54) is 0 Å². The molecule has 0 radical (unpaired) electrons. The van der Waals surface area contributed by atoms with Crippen molar-refractivity contribution in [2.45, 2.75) is 6.54 Å². The van der Waals surface area contributed by atoms with Crippen LogP contribution in [-0.4, -0.2) is 22.8 Å². The van der Waals surface area contributed by atoms with Crippen LogP contribution < -0.4 is 11.1 Å². The highest BCUT2D eigenvalue weighted by atomic mass is 15.3. The molecule has 88 valence electrons. The van der Waals surface area contributed by atoms with Crippen molar-refractivity contribution in [2.75, 3.05) is 7.05 Å². The number of benzene rings is 1. The Kier molecular flexibility index (Phi) is 3.40. The van der Waals surface area contributed by atoms with Crippen LogP contribution in [0.4, 0.5) is 0 Å². The van der Waals surface area contributed by atoms with Crippen LogP contribution >= 0.6 is 0 Å². The van der Waals surface area contributed by atoms with Gasteiger partial charge in [0.1, 0.15) is 0 Å². The number of hydrogen-bond donors (Lipinski definition) is 2. The fourth-order valence-corrected chi connectivity index (χ4v) is 1.56. The standard InChI is InChI=1S/C12H15N5/c1-14-12(13)15-9-10-5-2-3-6-11(10)17-8-4-7-16-17/h2-8H,9H2,1H3,(H3,13,14,15). The molecule has 1 aromatic heterocycles. The monoisotopic (exact) mass is 229 g/mol. The number of nitrogens with zero attached hydrogens (tertiary/aromatic N) is 3. The summed E-state index contributed by atoms with van der Waals surface area (Å²) in [5, 5.41) is 7.26. The summed E-state index contributed by atoms with van der Waals surface area (Å²) in [4.78, 5) is 3.86. The number of rotatable bonds is 3. The van der Waals surface area contributed by atoms with E-state index >= 15 is 0 Å². The molecule has 0 atom stereocenters. The highest BCUT2D eigenvalue weighted by molar-refractivity contribution is 5.77. The summed E-state index contributed by atoms with van der Waals surface area (Å²) in [5.41, 5.74) is 7.76. The zero-order valence-electron chi connectivity index (χ0n) is 9.67. The molecule has 0 unspecified atom stereocenters. The molecule has 2 rings (SSSR count). The Balaban J connectivity index is 2.23. The van der Waals surface area contributed by atoms with E-state index in [1.54, 1.807) is 13.2 Å². The number of nitrogens with two attached hydrogens (primary N) is 1. The van der Waals surface area contributed by atoms with Crippen LogP contribution in [0.2, 0.25) is 0 Å². The molecule has 0 saturated carbocycles. The smallest absolute Gasteiger partial charge is 0.188 e. The van der Waals surface area contributed by atoms with Crippen LogP contribution in [0.1, 0.15) is 5.56 Å². The largest absolute Gasteiger partial charge is 0.370 e. The first-order valence-electron chi connectivity index (χ1n) is 5.35. The summed E-state index contributed by atoms with van der Waals surface area (Å²) in [6, 6.07) is 9.92. The topological polar surface area (TPSA) is 68.2 Å². The van der Waals surface area contributed by atoms with Crippen LogP contribution in [0, 0.1) is 0 Å². The van der Waals surface area contributed by atoms with Crippen LogP contribution in [-0.2, 0) is 6.54 Å². The molecule has 0 aliphatic heterocycles. The minimum atomic E-state index is 0.431. The van der Waals surface area contributed by atoms with Gasteiger partial charge in [0.2, 0.25) is 0 Å². The van der Waals surface area contributed by atoms with E-state index in [-0.39, 0.29) is 0 Å². The maximum Gasteiger partial charge on any atom is 0.188 e. The Morgan fingerprint density at radius 3 is 2.94 bits per heavy atom. The molecule has 1 aromatic carbocycles. The van der Waals surface area contributed by atoms with Crippen molar-refractivity contribution in [3.63, 3.8) is 0 Å². The van der Waals surface area contributed by atoms with Crippen molar-refractivity contribution < 1.29 is 0 Å². The Bertz CT molecular complexity index is 501. The van der Waals surface area contributed by atoms with Gasteiger partial charge in [-0.1, -0.05) is 18.2 Å². The molecule has 0 bridgehead atoms. The van der Waals surface area contributed by atoms with E-state index in [0.717, 1.165) is 11.3 Å². The van der Waals surface area contributed by atoms with Gasteiger partial charge in [0, 0.05) is 26.0 Å². The molecule has 5 nitrogen and oxygen atoms in total. The first-order valence-corrected chi connectivity index (χ1v) is 5.35. The van der Waals surface area contributed by atoms with Crippen molar-refractivity contribution >= 4 is 5.96 Å². The van der Waals surface area contributed by atoms with E-state index in [0.29, 0.717) is 12.5 Å². The highest BCUT2D eigenvalue weighted by Gasteiger charge is 2.03. The molecule has 2 aromatic rings. The Hall–Kier alpha value is -2.30. The van der Waals surface area contributed by atoms with Gasteiger partial charge in [-0.3, -0.25) is 4.99 Å². The lowest BCUT2D eigenvalue weighted by molar-refractivity contribution is 0.832. The van der Waals surface area contributed by atoms with Crippen LogP contribution in [0.5, 0.6) is 0 Å². The summed E-state index contributed by atoms with van der Waals surface area (Å²) in [6.45, 7) is 0.624. The molecule has 0 aliphatic carbocycles. The Morgan fingerprint density at radius 1 is 1.41 bits per heavy atom. The van der Waals surface area contributed by atoms with Gasteiger partial charge in [-0.05, 0) is 17.7 Å². The second-order valence-electron chi connectivity index (χ2n) is 3.54. The summed E-state index contributed by atoms with van der Waals surface area (Å²) in [5.74, 6) is 0.431. The van der Waals surface area contributed by atoms with Gasteiger partial charge in [-0.25, -0.2) is 4.68 Å². The number of aliphatic imine (C=N–C) groups is 1. The lowest BCUT2D eigenvalue weighted by Crippen LogP contribution is -2.31. The fourth-order valence-electron chi connectivity index (χ4n) is 1.56. The average Bonchev–Trinajstić information content (AvgIpc) is 2.90.